The lowest BCUT2D eigenvalue weighted by Crippen LogP contribution is -2.61. The van der Waals surface area contributed by atoms with Crippen molar-refractivity contribution in [3.63, 3.8) is 0 Å². The summed E-state index contributed by atoms with van der Waals surface area (Å²) in [6.07, 6.45) is 8.45. The Balaban J connectivity index is 0.000000336. The van der Waals surface area contributed by atoms with Gasteiger partial charge in [0, 0.05) is 0 Å². The normalized spacial score (nSPS) is 14.6. The Bertz CT molecular complexity index is 735. The third-order valence-electron chi connectivity index (χ3n) is 4.57. The van der Waals surface area contributed by atoms with E-state index in [-0.39, 0.29) is 5.76 Å². The van der Waals surface area contributed by atoms with Gasteiger partial charge in [-0.25, -0.2) is 0 Å². The van der Waals surface area contributed by atoms with Crippen molar-refractivity contribution in [2.24, 2.45) is 0 Å². The van der Waals surface area contributed by atoms with Gasteiger partial charge in [0.05, 0.1) is 13.2 Å². The number of benzene rings is 2. The van der Waals surface area contributed by atoms with Crippen LogP contribution in [0.1, 0.15) is 43.2 Å². The minimum absolute atomic E-state index is 0.215. The molecular formula is C23H29NO4. The SMILES string of the molecule is COC(=Cc1ccc(OCc2ccccc2)cc1)C(=O)[O-].[NH3+]C1CCCCC1. The van der Waals surface area contributed by atoms with E-state index >= 15 is 0 Å². The van der Waals surface area contributed by atoms with Crippen LogP contribution in [0.15, 0.2) is 60.4 Å². The molecule has 0 radical (unpaired) electrons. The summed E-state index contributed by atoms with van der Waals surface area (Å²) < 4.78 is 10.4. The lowest BCUT2D eigenvalue weighted by molar-refractivity contribution is -0.425. The molecule has 2 aromatic rings. The Morgan fingerprint density at radius 3 is 2.21 bits per heavy atom. The van der Waals surface area contributed by atoms with Gasteiger partial charge in [-0.2, -0.15) is 0 Å². The average molecular weight is 383 g/mol. The fourth-order valence-corrected chi connectivity index (χ4v) is 2.94. The largest absolute Gasteiger partial charge is 0.542 e. The second kappa shape index (κ2) is 11.8. The van der Waals surface area contributed by atoms with E-state index in [1.54, 1.807) is 24.3 Å². The highest BCUT2D eigenvalue weighted by atomic mass is 16.5. The summed E-state index contributed by atoms with van der Waals surface area (Å²) in [7, 11) is 1.29. The number of hydrogen-bond donors (Lipinski definition) is 1. The second-order valence-electron chi connectivity index (χ2n) is 6.85. The molecule has 3 rings (SSSR count). The van der Waals surface area contributed by atoms with Crippen molar-refractivity contribution in [2.45, 2.75) is 44.8 Å². The van der Waals surface area contributed by atoms with E-state index in [9.17, 15) is 9.90 Å². The number of quaternary nitrogens is 1. The first-order chi connectivity index (χ1) is 13.6. The summed E-state index contributed by atoms with van der Waals surface area (Å²) in [4.78, 5) is 10.7. The molecule has 150 valence electrons. The van der Waals surface area contributed by atoms with Gasteiger partial charge in [0.15, 0.2) is 0 Å². The van der Waals surface area contributed by atoms with E-state index in [4.69, 9.17) is 9.47 Å². The van der Waals surface area contributed by atoms with Gasteiger partial charge < -0.3 is 25.1 Å². The van der Waals surface area contributed by atoms with Gasteiger partial charge in [0.1, 0.15) is 24.1 Å². The van der Waals surface area contributed by atoms with Crippen LogP contribution >= 0.6 is 0 Å². The van der Waals surface area contributed by atoms with Crippen LogP contribution in [0.3, 0.4) is 0 Å². The minimum atomic E-state index is -1.35. The number of methoxy groups -OCH3 is 1. The first kappa shape index (κ1) is 21.5. The molecule has 0 spiro atoms. The average Bonchev–Trinajstić information content (AvgIpc) is 2.73. The predicted octanol–water partition coefficient (Wildman–Crippen LogP) is 2.56. The molecule has 1 fully saturated rings. The monoisotopic (exact) mass is 383 g/mol. The van der Waals surface area contributed by atoms with E-state index in [1.165, 1.54) is 45.3 Å². The molecular weight excluding hydrogens is 354 g/mol. The number of carboxylic acid groups (broad SMARTS) is 1. The fraction of sp³-hybridized carbons (Fsp3) is 0.348. The van der Waals surface area contributed by atoms with Crippen LogP contribution < -0.4 is 15.6 Å². The molecule has 0 amide bonds. The molecule has 3 N–H and O–H groups in total. The third-order valence-corrected chi connectivity index (χ3v) is 4.57. The van der Waals surface area contributed by atoms with Gasteiger partial charge in [-0.15, -0.1) is 0 Å². The second-order valence-corrected chi connectivity index (χ2v) is 6.85. The molecule has 2 aromatic carbocycles. The number of rotatable bonds is 6. The third kappa shape index (κ3) is 7.84. The van der Waals surface area contributed by atoms with Crippen molar-refractivity contribution in [1.82, 2.24) is 0 Å². The van der Waals surface area contributed by atoms with Gasteiger partial charge in [-0.1, -0.05) is 48.9 Å². The number of aliphatic carboxylic acids is 1. The van der Waals surface area contributed by atoms with Crippen LogP contribution in [-0.4, -0.2) is 19.1 Å². The molecule has 5 nitrogen and oxygen atoms in total. The molecule has 0 aliphatic heterocycles. The van der Waals surface area contributed by atoms with Crippen LogP contribution in [0.5, 0.6) is 5.75 Å². The number of carboxylic acids is 1. The first-order valence-electron chi connectivity index (χ1n) is 9.65. The summed E-state index contributed by atoms with van der Waals surface area (Å²) in [5.41, 5.74) is 5.78. The van der Waals surface area contributed by atoms with Crippen LogP contribution in [0.2, 0.25) is 0 Å². The molecule has 0 heterocycles. The lowest BCUT2D eigenvalue weighted by Gasteiger charge is -2.12. The molecule has 0 bridgehead atoms. The molecule has 1 saturated carbocycles. The Morgan fingerprint density at radius 2 is 1.71 bits per heavy atom. The Kier molecular flexibility index (Phi) is 9.08. The minimum Gasteiger partial charge on any atom is -0.542 e. The van der Waals surface area contributed by atoms with Gasteiger partial charge in [-0.3, -0.25) is 0 Å². The molecule has 1 aliphatic rings. The molecule has 0 atom stereocenters. The predicted molar refractivity (Wildman–Crippen MR) is 107 cm³/mol. The van der Waals surface area contributed by atoms with Gasteiger partial charge in [-0.05, 0) is 55.0 Å². The van der Waals surface area contributed by atoms with Crippen LogP contribution in [0.4, 0.5) is 0 Å². The Labute approximate surface area is 166 Å². The van der Waals surface area contributed by atoms with Crippen molar-refractivity contribution >= 4 is 12.0 Å². The maximum absolute atomic E-state index is 10.7. The molecule has 0 unspecified atom stereocenters. The zero-order valence-corrected chi connectivity index (χ0v) is 16.4. The summed E-state index contributed by atoms with van der Waals surface area (Å²) in [5, 5.41) is 10.7. The fourth-order valence-electron chi connectivity index (χ4n) is 2.94. The zero-order valence-electron chi connectivity index (χ0n) is 16.4. The summed E-state index contributed by atoms with van der Waals surface area (Å²) in [6, 6.07) is 17.7. The van der Waals surface area contributed by atoms with Gasteiger partial charge in [0.25, 0.3) is 0 Å². The van der Waals surface area contributed by atoms with Crippen LogP contribution in [-0.2, 0) is 16.1 Å². The maximum atomic E-state index is 10.7. The quantitative estimate of drug-likeness (QED) is 0.614. The van der Waals surface area contributed by atoms with E-state index in [2.05, 4.69) is 5.73 Å². The molecule has 0 saturated heterocycles. The van der Waals surface area contributed by atoms with E-state index in [0.717, 1.165) is 11.6 Å². The highest BCUT2D eigenvalue weighted by Gasteiger charge is 2.09. The highest BCUT2D eigenvalue weighted by molar-refractivity contribution is 5.88. The molecule has 5 heteroatoms. The number of carbonyl (C=O) groups excluding carboxylic acids is 1. The van der Waals surface area contributed by atoms with E-state index < -0.39 is 5.97 Å². The summed E-state index contributed by atoms with van der Waals surface area (Å²) >= 11 is 0. The maximum Gasteiger partial charge on any atom is 0.142 e. The van der Waals surface area contributed by atoms with E-state index in [0.29, 0.717) is 17.9 Å². The number of hydrogen-bond acceptors (Lipinski definition) is 4. The van der Waals surface area contributed by atoms with Crippen LogP contribution in [0, 0.1) is 0 Å². The Morgan fingerprint density at radius 1 is 1.07 bits per heavy atom. The zero-order chi connectivity index (χ0) is 20.2. The summed E-state index contributed by atoms with van der Waals surface area (Å²) in [6.45, 7) is 0.485. The van der Waals surface area contributed by atoms with Gasteiger partial charge in [0.2, 0.25) is 0 Å². The first-order valence-corrected chi connectivity index (χ1v) is 9.65. The van der Waals surface area contributed by atoms with Crippen molar-refractivity contribution in [1.29, 1.82) is 0 Å². The standard InChI is InChI=1S/C17H16O4.C6H13N/c1-20-16(17(18)19)11-13-7-9-15(10-8-13)21-12-14-5-3-2-4-6-14;7-6-4-2-1-3-5-6/h2-11H,12H2,1H3,(H,18,19);6H,1-5,7H2. The topological polar surface area (TPSA) is 86.2 Å². The Hall–Kier alpha value is -2.79. The highest BCUT2D eigenvalue weighted by Crippen LogP contribution is 2.16. The smallest absolute Gasteiger partial charge is 0.142 e. The summed E-state index contributed by atoms with van der Waals surface area (Å²) in [5.74, 6) is -0.849. The lowest BCUT2D eigenvalue weighted by atomic mass is 9.97. The van der Waals surface area contributed by atoms with Gasteiger partial charge >= 0.3 is 0 Å². The molecule has 28 heavy (non-hydrogen) atoms. The number of ether oxygens (including phenoxy) is 2. The molecule has 1 aliphatic carbocycles. The number of carbonyl (C=O) groups is 1. The molecule has 0 aromatic heterocycles. The van der Waals surface area contributed by atoms with Crippen molar-refractivity contribution in [3.8, 4) is 5.75 Å². The van der Waals surface area contributed by atoms with E-state index in [1.807, 2.05) is 30.3 Å². The van der Waals surface area contributed by atoms with Crippen LogP contribution in [0.25, 0.3) is 6.08 Å². The van der Waals surface area contributed by atoms with Crippen molar-refractivity contribution in [3.05, 3.63) is 71.5 Å². The van der Waals surface area contributed by atoms with Crippen molar-refractivity contribution < 1.29 is 25.1 Å². The van der Waals surface area contributed by atoms with Crippen molar-refractivity contribution in [2.75, 3.05) is 7.11 Å².